The van der Waals surface area contributed by atoms with E-state index in [1.807, 2.05) is 0 Å². The molecule has 0 radical (unpaired) electrons. The Balaban J connectivity index is 1.76. The summed E-state index contributed by atoms with van der Waals surface area (Å²) in [5, 5.41) is 0.473. The van der Waals surface area contributed by atoms with Crippen LogP contribution in [0, 0.1) is 0 Å². The quantitative estimate of drug-likeness (QED) is 0.814. The summed E-state index contributed by atoms with van der Waals surface area (Å²) in [5.74, 6) is -0.572. The molecule has 1 aliphatic carbocycles. The monoisotopic (exact) mass is 299 g/mol. The van der Waals surface area contributed by atoms with E-state index < -0.39 is 0 Å². The molecule has 2 aliphatic rings. The summed E-state index contributed by atoms with van der Waals surface area (Å²) >= 11 is 1.41. The van der Waals surface area contributed by atoms with E-state index in [2.05, 4.69) is 4.98 Å². The van der Waals surface area contributed by atoms with Crippen molar-refractivity contribution in [1.29, 1.82) is 0 Å². The Hall–Kier alpha value is -2.05. The minimum absolute atomic E-state index is 0.146. The Bertz CT molecular complexity index is 733. The molecule has 2 amide bonds. The summed E-state index contributed by atoms with van der Waals surface area (Å²) in [6.45, 7) is 0. The molecule has 2 heterocycles. The molecular weight excluding hydrogens is 286 g/mol. The highest BCUT2D eigenvalue weighted by Gasteiger charge is 2.38. The topological polar surface area (TPSA) is 76.3 Å². The summed E-state index contributed by atoms with van der Waals surface area (Å²) in [6, 6.07) is 7.03. The number of hydrogen-bond acceptors (Lipinski definition) is 5. The lowest BCUT2D eigenvalue weighted by Crippen LogP contribution is -2.29. The van der Waals surface area contributed by atoms with Crippen LogP contribution in [0.2, 0.25) is 0 Å². The highest BCUT2D eigenvalue weighted by Crippen LogP contribution is 2.35. The van der Waals surface area contributed by atoms with Gasteiger partial charge < -0.3 is 5.73 Å². The Morgan fingerprint density at radius 3 is 2.52 bits per heavy atom. The maximum atomic E-state index is 12.4. The van der Waals surface area contributed by atoms with Crippen LogP contribution in [0.15, 0.2) is 24.3 Å². The zero-order valence-corrected chi connectivity index (χ0v) is 12.0. The maximum Gasteiger partial charge on any atom is 0.268 e. The molecule has 21 heavy (non-hydrogen) atoms. The summed E-state index contributed by atoms with van der Waals surface area (Å²) < 4.78 is 0. The second-order valence-corrected chi connectivity index (χ2v) is 6.42. The van der Waals surface area contributed by atoms with Crippen LogP contribution in [-0.4, -0.2) is 22.8 Å². The molecule has 0 fully saturated rings. The van der Waals surface area contributed by atoms with Crippen LogP contribution in [0.5, 0.6) is 0 Å². The normalized spacial score (nSPS) is 20.6. The first-order valence-electron chi connectivity index (χ1n) is 6.87. The van der Waals surface area contributed by atoms with E-state index in [-0.39, 0.29) is 17.9 Å². The maximum absolute atomic E-state index is 12.4. The first kappa shape index (κ1) is 12.7. The summed E-state index contributed by atoms with van der Waals surface area (Å²) in [6.07, 6.45) is 2.49. The van der Waals surface area contributed by atoms with Crippen LogP contribution in [-0.2, 0) is 12.8 Å². The van der Waals surface area contributed by atoms with Crippen LogP contribution in [0.25, 0.3) is 0 Å². The SMILES string of the molecule is N[C@H]1CCc2nc(N3C(=O)c4ccccc4C3=O)sc2C1. The number of nitrogens with two attached hydrogens (primary N) is 1. The number of amides is 2. The number of thiazole rings is 1. The van der Waals surface area contributed by atoms with Gasteiger partial charge in [0.1, 0.15) is 0 Å². The van der Waals surface area contributed by atoms with Crippen molar-refractivity contribution in [2.24, 2.45) is 5.73 Å². The van der Waals surface area contributed by atoms with Crippen molar-refractivity contribution in [3.05, 3.63) is 46.0 Å². The van der Waals surface area contributed by atoms with Gasteiger partial charge in [0.15, 0.2) is 5.13 Å². The zero-order valence-electron chi connectivity index (χ0n) is 11.2. The number of fused-ring (bicyclic) bond motifs is 2. The standard InChI is InChI=1S/C15H13N3O2S/c16-8-5-6-11-12(7-8)21-15(17-11)18-13(19)9-3-1-2-4-10(9)14(18)20/h1-4,8H,5-7,16H2/t8-/m0/s1. The molecule has 1 aromatic carbocycles. The molecule has 0 spiro atoms. The number of carbonyl (C=O) groups is 2. The second kappa shape index (κ2) is 4.47. The van der Waals surface area contributed by atoms with Crippen molar-refractivity contribution < 1.29 is 9.59 Å². The van der Waals surface area contributed by atoms with Gasteiger partial charge in [0.25, 0.3) is 11.8 Å². The fourth-order valence-electron chi connectivity index (χ4n) is 2.85. The van der Waals surface area contributed by atoms with Gasteiger partial charge in [-0.05, 0) is 31.4 Å². The van der Waals surface area contributed by atoms with Crippen molar-refractivity contribution in [1.82, 2.24) is 4.98 Å². The van der Waals surface area contributed by atoms with Crippen molar-refractivity contribution in [3.63, 3.8) is 0 Å². The van der Waals surface area contributed by atoms with E-state index in [1.54, 1.807) is 24.3 Å². The van der Waals surface area contributed by atoms with Gasteiger partial charge in [-0.3, -0.25) is 9.59 Å². The van der Waals surface area contributed by atoms with Crippen molar-refractivity contribution >= 4 is 28.3 Å². The summed E-state index contributed by atoms with van der Waals surface area (Å²) in [7, 11) is 0. The number of rotatable bonds is 1. The number of carbonyl (C=O) groups excluding carboxylic acids is 2. The minimum atomic E-state index is -0.286. The van der Waals surface area contributed by atoms with Crippen LogP contribution in [0.4, 0.5) is 5.13 Å². The van der Waals surface area contributed by atoms with Gasteiger partial charge >= 0.3 is 0 Å². The van der Waals surface area contributed by atoms with Crippen LogP contribution in [0.1, 0.15) is 37.7 Å². The molecule has 2 aromatic rings. The first-order valence-corrected chi connectivity index (χ1v) is 7.69. The smallest absolute Gasteiger partial charge is 0.268 e. The van der Waals surface area contributed by atoms with Gasteiger partial charge in [0.05, 0.1) is 16.8 Å². The van der Waals surface area contributed by atoms with Crippen LogP contribution in [0.3, 0.4) is 0 Å². The third-order valence-corrected chi connectivity index (χ3v) is 5.06. The fraction of sp³-hybridized carbons (Fsp3) is 0.267. The number of benzene rings is 1. The average molecular weight is 299 g/mol. The van der Waals surface area contributed by atoms with Crippen LogP contribution >= 0.6 is 11.3 Å². The summed E-state index contributed by atoms with van der Waals surface area (Å²) in [4.78, 5) is 31.7. The molecule has 106 valence electrons. The number of nitrogens with zero attached hydrogens (tertiary/aromatic N) is 2. The molecular formula is C15H13N3O2S. The van der Waals surface area contributed by atoms with Gasteiger partial charge in [0.2, 0.25) is 0 Å². The van der Waals surface area contributed by atoms with Gasteiger partial charge in [-0.2, -0.15) is 0 Å². The zero-order chi connectivity index (χ0) is 14.6. The van der Waals surface area contributed by atoms with E-state index in [0.717, 1.165) is 29.8 Å². The van der Waals surface area contributed by atoms with E-state index in [4.69, 9.17) is 5.73 Å². The lowest BCUT2D eigenvalue weighted by molar-refractivity contribution is 0.0926. The number of aromatic nitrogens is 1. The predicted molar refractivity (Wildman–Crippen MR) is 79.7 cm³/mol. The highest BCUT2D eigenvalue weighted by molar-refractivity contribution is 7.16. The summed E-state index contributed by atoms with van der Waals surface area (Å²) in [5.41, 5.74) is 7.85. The number of anilines is 1. The Morgan fingerprint density at radius 2 is 1.86 bits per heavy atom. The van der Waals surface area contributed by atoms with Crippen molar-refractivity contribution in [3.8, 4) is 0 Å². The number of imide groups is 1. The number of hydrogen-bond donors (Lipinski definition) is 1. The molecule has 0 bridgehead atoms. The molecule has 4 rings (SSSR count). The molecule has 1 aliphatic heterocycles. The van der Waals surface area contributed by atoms with E-state index >= 15 is 0 Å². The predicted octanol–water partition coefficient (Wildman–Crippen LogP) is 1.76. The van der Waals surface area contributed by atoms with E-state index in [1.165, 1.54) is 16.2 Å². The van der Waals surface area contributed by atoms with Crippen LogP contribution < -0.4 is 10.6 Å². The lowest BCUT2D eigenvalue weighted by atomic mass is 9.99. The van der Waals surface area contributed by atoms with E-state index in [9.17, 15) is 9.59 Å². The van der Waals surface area contributed by atoms with Gasteiger partial charge in [-0.15, -0.1) is 11.3 Å². The molecule has 6 heteroatoms. The lowest BCUT2D eigenvalue weighted by Gasteiger charge is -2.15. The third-order valence-electron chi connectivity index (χ3n) is 3.95. The molecule has 0 saturated heterocycles. The number of aryl methyl sites for hydroxylation is 1. The van der Waals surface area contributed by atoms with Crippen molar-refractivity contribution in [2.45, 2.75) is 25.3 Å². The Morgan fingerprint density at radius 1 is 1.19 bits per heavy atom. The minimum Gasteiger partial charge on any atom is -0.327 e. The molecule has 0 unspecified atom stereocenters. The van der Waals surface area contributed by atoms with Gasteiger partial charge in [0, 0.05) is 10.9 Å². The highest BCUT2D eigenvalue weighted by atomic mass is 32.1. The Labute approximate surface area is 125 Å². The second-order valence-electron chi connectivity index (χ2n) is 5.36. The molecule has 1 aromatic heterocycles. The largest absolute Gasteiger partial charge is 0.327 e. The Kier molecular flexibility index (Phi) is 2.70. The van der Waals surface area contributed by atoms with Gasteiger partial charge in [-0.25, -0.2) is 9.88 Å². The van der Waals surface area contributed by atoms with Crippen molar-refractivity contribution in [2.75, 3.05) is 4.90 Å². The average Bonchev–Trinajstić information content (AvgIpc) is 2.99. The van der Waals surface area contributed by atoms with Gasteiger partial charge in [-0.1, -0.05) is 12.1 Å². The van der Waals surface area contributed by atoms with E-state index in [0.29, 0.717) is 16.3 Å². The fourth-order valence-corrected chi connectivity index (χ4v) is 4.04. The third kappa shape index (κ3) is 1.83. The molecule has 0 saturated carbocycles. The molecule has 2 N–H and O–H groups in total. The first-order chi connectivity index (χ1) is 10.1. The molecule has 5 nitrogen and oxygen atoms in total. The molecule has 1 atom stereocenters.